The molecule has 0 saturated carbocycles. The zero-order chi connectivity index (χ0) is 8.97. The van der Waals surface area contributed by atoms with Crippen LogP contribution in [0.5, 0.6) is 5.75 Å². The van der Waals surface area contributed by atoms with Crippen molar-refractivity contribution in [2.75, 3.05) is 6.61 Å². The third-order valence-corrected chi connectivity index (χ3v) is 1.40. The molecule has 0 radical (unpaired) electrons. The second-order valence-corrected chi connectivity index (χ2v) is 2.32. The minimum atomic E-state index is 0.184. The topological polar surface area (TPSA) is 36.2 Å². The van der Waals surface area contributed by atoms with Crippen molar-refractivity contribution in [1.29, 1.82) is 0 Å². The number of terminal acetylenes is 1. The van der Waals surface area contributed by atoms with E-state index in [1.54, 1.807) is 19.1 Å². The van der Waals surface area contributed by atoms with E-state index in [9.17, 15) is 5.21 Å². The van der Waals surface area contributed by atoms with Crippen molar-refractivity contribution in [3.05, 3.63) is 29.2 Å². The molecule has 1 rings (SSSR count). The number of nitrogens with zero attached hydrogens (tertiary/aromatic N) is 1. The van der Waals surface area contributed by atoms with E-state index in [1.807, 2.05) is 0 Å². The summed E-state index contributed by atoms with van der Waals surface area (Å²) in [4.78, 5) is 0. The van der Waals surface area contributed by atoms with Crippen LogP contribution in [0.25, 0.3) is 0 Å². The summed E-state index contributed by atoms with van der Waals surface area (Å²) < 4.78 is 5.78. The van der Waals surface area contributed by atoms with Crippen LogP contribution < -0.4 is 9.47 Å². The van der Waals surface area contributed by atoms with E-state index < -0.39 is 0 Å². The Balaban J connectivity index is 2.77. The fraction of sp³-hybridized carbons (Fsp3) is 0.222. The van der Waals surface area contributed by atoms with Gasteiger partial charge in [-0.05, 0) is 6.07 Å². The molecule has 0 aliphatic carbocycles. The van der Waals surface area contributed by atoms with Crippen LogP contribution >= 0.6 is 0 Å². The van der Waals surface area contributed by atoms with Crippen molar-refractivity contribution >= 4 is 0 Å². The first-order chi connectivity index (χ1) is 5.74. The van der Waals surface area contributed by atoms with E-state index in [2.05, 4.69) is 5.92 Å². The number of pyridine rings is 1. The van der Waals surface area contributed by atoms with Crippen LogP contribution in [0, 0.1) is 24.5 Å². The standard InChI is InChI=1S/C9H9NO2/c1-3-6-12-9-5-4-8(2)10(11)7-9/h1,4-5,7H,6H2,2H3. The Labute approximate surface area is 71.2 Å². The first kappa shape index (κ1) is 8.41. The summed E-state index contributed by atoms with van der Waals surface area (Å²) in [5, 5.41) is 11.0. The highest BCUT2D eigenvalue weighted by Gasteiger charge is 2.00. The quantitative estimate of drug-likeness (QED) is 0.364. The maximum absolute atomic E-state index is 11.0. The molecule has 1 aromatic heterocycles. The second-order valence-electron chi connectivity index (χ2n) is 2.32. The molecule has 62 valence electrons. The molecule has 0 bridgehead atoms. The van der Waals surface area contributed by atoms with Crippen molar-refractivity contribution in [3.63, 3.8) is 0 Å². The van der Waals surface area contributed by atoms with Gasteiger partial charge in [0, 0.05) is 13.0 Å². The van der Waals surface area contributed by atoms with Gasteiger partial charge in [0.2, 0.25) is 6.20 Å². The molecule has 0 aliphatic rings. The number of aryl methyl sites for hydroxylation is 1. The van der Waals surface area contributed by atoms with Gasteiger partial charge in [-0.1, -0.05) is 5.92 Å². The first-order valence-corrected chi connectivity index (χ1v) is 3.50. The lowest BCUT2D eigenvalue weighted by Crippen LogP contribution is -2.29. The van der Waals surface area contributed by atoms with E-state index in [-0.39, 0.29) is 6.61 Å². The Morgan fingerprint density at radius 1 is 1.67 bits per heavy atom. The van der Waals surface area contributed by atoms with Crippen LogP contribution in [-0.4, -0.2) is 6.61 Å². The fourth-order valence-corrected chi connectivity index (χ4v) is 0.747. The van der Waals surface area contributed by atoms with Crippen LogP contribution in [0.2, 0.25) is 0 Å². The summed E-state index contributed by atoms with van der Waals surface area (Å²) in [5.74, 6) is 2.81. The molecule has 12 heavy (non-hydrogen) atoms. The second kappa shape index (κ2) is 3.63. The fourth-order valence-electron chi connectivity index (χ4n) is 0.747. The lowest BCUT2D eigenvalue weighted by atomic mass is 10.4. The molecule has 0 aromatic carbocycles. The van der Waals surface area contributed by atoms with Crippen LogP contribution in [0.1, 0.15) is 5.69 Å². The normalized spacial score (nSPS) is 9.00. The van der Waals surface area contributed by atoms with Gasteiger partial charge >= 0.3 is 0 Å². The number of ether oxygens (including phenoxy) is 1. The molecule has 0 aliphatic heterocycles. The predicted octanol–water partition coefficient (Wildman–Crippen LogP) is 0.640. The van der Waals surface area contributed by atoms with Gasteiger partial charge in [0.25, 0.3) is 0 Å². The molecule has 0 amide bonds. The highest BCUT2D eigenvalue weighted by molar-refractivity contribution is 5.16. The third kappa shape index (κ3) is 1.89. The lowest BCUT2D eigenvalue weighted by Gasteiger charge is -2.03. The Bertz CT molecular complexity index is 315. The first-order valence-electron chi connectivity index (χ1n) is 3.50. The van der Waals surface area contributed by atoms with Gasteiger partial charge in [0.1, 0.15) is 6.61 Å². The molecule has 3 nitrogen and oxygen atoms in total. The van der Waals surface area contributed by atoms with Crippen LogP contribution in [0.15, 0.2) is 18.3 Å². The minimum absolute atomic E-state index is 0.184. The highest BCUT2D eigenvalue weighted by atomic mass is 16.5. The van der Waals surface area contributed by atoms with E-state index >= 15 is 0 Å². The number of hydrogen-bond donors (Lipinski definition) is 0. The monoisotopic (exact) mass is 163 g/mol. The SMILES string of the molecule is C#CCOc1ccc(C)[n+]([O-])c1. The van der Waals surface area contributed by atoms with Crippen molar-refractivity contribution in [1.82, 2.24) is 0 Å². The lowest BCUT2D eigenvalue weighted by molar-refractivity contribution is -0.612. The van der Waals surface area contributed by atoms with Gasteiger partial charge in [-0.3, -0.25) is 0 Å². The Morgan fingerprint density at radius 3 is 3.00 bits per heavy atom. The van der Waals surface area contributed by atoms with E-state index in [1.165, 1.54) is 6.20 Å². The minimum Gasteiger partial charge on any atom is -0.618 e. The number of aromatic nitrogens is 1. The van der Waals surface area contributed by atoms with Crippen LogP contribution in [0.4, 0.5) is 0 Å². The van der Waals surface area contributed by atoms with Gasteiger partial charge in [-0.2, -0.15) is 4.73 Å². The summed E-state index contributed by atoms with van der Waals surface area (Å²) >= 11 is 0. The average molecular weight is 163 g/mol. The molecule has 1 aromatic rings. The van der Waals surface area contributed by atoms with Gasteiger partial charge in [0.15, 0.2) is 11.4 Å². The van der Waals surface area contributed by atoms with E-state index in [0.717, 1.165) is 4.73 Å². The summed E-state index contributed by atoms with van der Waals surface area (Å²) in [6, 6.07) is 3.39. The zero-order valence-corrected chi connectivity index (χ0v) is 6.78. The molecule has 0 N–H and O–H groups in total. The molecular formula is C9H9NO2. The highest BCUT2D eigenvalue weighted by Crippen LogP contribution is 2.06. The molecule has 0 saturated heterocycles. The van der Waals surface area contributed by atoms with Crippen LogP contribution in [-0.2, 0) is 0 Å². The largest absolute Gasteiger partial charge is 0.618 e. The van der Waals surface area contributed by atoms with Crippen molar-refractivity contribution < 1.29 is 9.47 Å². The smallest absolute Gasteiger partial charge is 0.222 e. The summed E-state index contributed by atoms with van der Waals surface area (Å²) in [6.07, 6.45) is 6.34. The Morgan fingerprint density at radius 2 is 2.42 bits per heavy atom. The maximum Gasteiger partial charge on any atom is 0.222 e. The summed E-state index contributed by atoms with van der Waals surface area (Å²) in [7, 11) is 0. The Hall–Kier alpha value is -1.69. The van der Waals surface area contributed by atoms with E-state index in [4.69, 9.17) is 11.2 Å². The maximum atomic E-state index is 11.0. The van der Waals surface area contributed by atoms with Crippen molar-refractivity contribution in [2.24, 2.45) is 0 Å². The van der Waals surface area contributed by atoms with Gasteiger partial charge in [-0.25, -0.2) is 0 Å². The van der Waals surface area contributed by atoms with Crippen LogP contribution in [0.3, 0.4) is 0 Å². The molecule has 1 heterocycles. The van der Waals surface area contributed by atoms with Crippen molar-refractivity contribution in [3.8, 4) is 18.1 Å². The summed E-state index contributed by atoms with van der Waals surface area (Å²) in [5.41, 5.74) is 0.628. The molecule has 3 heteroatoms. The van der Waals surface area contributed by atoms with E-state index in [0.29, 0.717) is 11.4 Å². The molecular weight excluding hydrogens is 154 g/mol. The Kier molecular flexibility index (Phi) is 2.54. The number of hydrogen-bond acceptors (Lipinski definition) is 2. The zero-order valence-electron chi connectivity index (χ0n) is 6.78. The molecule has 0 spiro atoms. The number of rotatable bonds is 2. The van der Waals surface area contributed by atoms with Gasteiger partial charge in [0.05, 0.1) is 0 Å². The molecule has 0 fully saturated rings. The summed E-state index contributed by atoms with van der Waals surface area (Å²) in [6.45, 7) is 1.90. The average Bonchev–Trinajstić information content (AvgIpc) is 2.07. The van der Waals surface area contributed by atoms with Gasteiger partial charge in [-0.15, -0.1) is 6.42 Å². The third-order valence-electron chi connectivity index (χ3n) is 1.40. The molecule has 0 atom stereocenters. The van der Waals surface area contributed by atoms with Gasteiger partial charge < -0.3 is 9.94 Å². The molecule has 0 unspecified atom stereocenters. The predicted molar refractivity (Wildman–Crippen MR) is 44.5 cm³/mol. The van der Waals surface area contributed by atoms with Crippen molar-refractivity contribution in [2.45, 2.75) is 6.92 Å².